The lowest BCUT2D eigenvalue weighted by molar-refractivity contribution is 0.335. The van der Waals surface area contributed by atoms with E-state index in [1.54, 1.807) is 7.11 Å². The molecule has 8 rings (SSSR count). The lowest BCUT2D eigenvalue weighted by atomic mass is 9.99. The molecule has 292 valence electrons. The van der Waals surface area contributed by atoms with Crippen molar-refractivity contribution in [2.75, 3.05) is 23.5 Å². The van der Waals surface area contributed by atoms with Crippen molar-refractivity contribution in [2.45, 2.75) is 0 Å². The molecule has 4 heteroatoms. The van der Waals surface area contributed by atoms with Gasteiger partial charge in [-0.05, 0) is 117 Å². The number of aliphatic hydroxyl groups is 1. The Morgan fingerprint density at radius 2 is 0.833 bits per heavy atom. The molecule has 0 radical (unpaired) electrons. The summed E-state index contributed by atoms with van der Waals surface area (Å²) in [6.45, 7) is 3.79. The van der Waals surface area contributed by atoms with Crippen LogP contribution >= 0.6 is 0 Å². The standard InChI is InChI=1S/C56H46N2O2/c1-42(41-59)12-9-10-39-57(51-31-23-47(24-32-51)43-13-5-3-6-14-43)52-33-25-49(26-34-52)45-19-21-46(22-20-45)50-29-37-54(38-30-50)58(55-17-11-18-56(40-55)60-2)53-35-27-48(28-36-53)44-15-7-4-8-16-44/h3-40,59H,1,41H2,2H3/b12-9-,39-10+. The molecule has 1 N–H and O–H groups in total. The molecule has 0 amide bonds. The Morgan fingerprint density at radius 3 is 1.23 bits per heavy atom. The van der Waals surface area contributed by atoms with E-state index >= 15 is 0 Å². The van der Waals surface area contributed by atoms with E-state index in [9.17, 15) is 5.11 Å². The van der Waals surface area contributed by atoms with Gasteiger partial charge >= 0.3 is 0 Å². The van der Waals surface area contributed by atoms with Gasteiger partial charge in [-0.25, -0.2) is 0 Å². The normalized spacial score (nSPS) is 11.2. The molecule has 4 nitrogen and oxygen atoms in total. The van der Waals surface area contributed by atoms with Crippen molar-refractivity contribution < 1.29 is 9.84 Å². The highest BCUT2D eigenvalue weighted by atomic mass is 16.5. The van der Waals surface area contributed by atoms with Gasteiger partial charge in [-0.1, -0.05) is 158 Å². The molecule has 0 heterocycles. The van der Waals surface area contributed by atoms with E-state index in [0.717, 1.165) is 62.0 Å². The molecule has 0 saturated carbocycles. The number of ether oxygens (including phenoxy) is 1. The van der Waals surface area contributed by atoms with Gasteiger partial charge in [0.2, 0.25) is 0 Å². The molecule has 0 spiro atoms. The van der Waals surface area contributed by atoms with Crippen LogP contribution in [-0.4, -0.2) is 18.8 Å². The minimum Gasteiger partial charge on any atom is -0.497 e. The zero-order valence-electron chi connectivity index (χ0n) is 33.6. The Kier molecular flexibility index (Phi) is 12.2. The van der Waals surface area contributed by atoms with Crippen molar-refractivity contribution in [3.63, 3.8) is 0 Å². The summed E-state index contributed by atoms with van der Waals surface area (Å²) in [4.78, 5) is 4.42. The number of hydrogen-bond donors (Lipinski definition) is 1. The Labute approximate surface area is 353 Å². The summed E-state index contributed by atoms with van der Waals surface area (Å²) in [6.07, 6.45) is 7.71. The van der Waals surface area contributed by atoms with Gasteiger partial charge in [0.1, 0.15) is 5.75 Å². The minimum absolute atomic E-state index is 0.0703. The third-order valence-electron chi connectivity index (χ3n) is 10.5. The highest BCUT2D eigenvalue weighted by Gasteiger charge is 2.15. The van der Waals surface area contributed by atoms with Gasteiger partial charge in [-0.15, -0.1) is 0 Å². The number of hydrogen-bond acceptors (Lipinski definition) is 4. The maximum Gasteiger partial charge on any atom is 0.120 e. The molecule has 8 aromatic rings. The van der Waals surface area contributed by atoms with Gasteiger partial charge in [0.25, 0.3) is 0 Å². The number of methoxy groups -OCH3 is 1. The molecule has 0 aliphatic heterocycles. The van der Waals surface area contributed by atoms with E-state index < -0.39 is 0 Å². The summed E-state index contributed by atoms with van der Waals surface area (Å²) in [5.41, 5.74) is 15.1. The fourth-order valence-electron chi connectivity index (χ4n) is 7.25. The highest BCUT2D eigenvalue weighted by molar-refractivity contribution is 5.81. The second-order valence-electron chi connectivity index (χ2n) is 14.4. The molecule has 8 aromatic carbocycles. The molecule has 0 aliphatic rings. The largest absolute Gasteiger partial charge is 0.497 e. The molecule has 0 atom stereocenters. The predicted octanol–water partition coefficient (Wildman–Crippen LogP) is 14.6. The van der Waals surface area contributed by atoms with Crippen molar-refractivity contribution in [3.8, 4) is 50.3 Å². The van der Waals surface area contributed by atoms with E-state index in [1.807, 2.05) is 48.7 Å². The van der Waals surface area contributed by atoms with Gasteiger partial charge < -0.3 is 19.6 Å². The van der Waals surface area contributed by atoms with Gasteiger partial charge in [0.05, 0.1) is 13.7 Å². The zero-order valence-corrected chi connectivity index (χ0v) is 33.6. The van der Waals surface area contributed by atoms with Crippen LogP contribution in [0.3, 0.4) is 0 Å². The molecule has 0 saturated heterocycles. The third kappa shape index (κ3) is 9.21. The number of anilines is 5. The molecule has 0 bridgehead atoms. The average molecular weight is 779 g/mol. The molecule has 0 unspecified atom stereocenters. The monoisotopic (exact) mass is 778 g/mol. The van der Waals surface area contributed by atoms with Gasteiger partial charge in [0.15, 0.2) is 0 Å². The van der Waals surface area contributed by atoms with Crippen LogP contribution in [0.1, 0.15) is 0 Å². The van der Waals surface area contributed by atoms with Crippen LogP contribution in [0.25, 0.3) is 44.5 Å². The average Bonchev–Trinajstić information content (AvgIpc) is 3.33. The summed E-state index contributed by atoms with van der Waals surface area (Å²) < 4.78 is 5.61. The Bertz CT molecular complexity index is 2690. The van der Waals surface area contributed by atoms with Gasteiger partial charge in [0, 0.05) is 40.7 Å². The van der Waals surface area contributed by atoms with Crippen LogP contribution in [0, 0.1) is 0 Å². The van der Waals surface area contributed by atoms with E-state index in [1.165, 1.54) is 16.7 Å². The van der Waals surface area contributed by atoms with Crippen LogP contribution < -0.4 is 14.5 Å². The Hall–Kier alpha value is -7.66. The van der Waals surface area contributed by atoms with Gasteiger partial charge in [-0.2, -0.15) is 0 Å². The molecular formula is C56H46N2O2. The highest BCUT2D eigenvalue weighted by Crippen LogP contribution is 2.38. The summed E-state index contributed by atoms with van der Waals surface area (Å²) in [7, 11) is 1.70. The second-order valence-corrected chi connectivity index (χ2v) is 14.4. The van der Waals surface area contributed by atoms with E-state index in [0.29, 0.717) is 5.57 Å². The number of benzene rings is 8. The topological polar surface area (TPSA) is 35.9 Å². The number of rotatable bonds is 14. The summed E-state index contributed by atoms with van der Waals surface area (Å²) in [5.74, 6) is 0.808. The number of nitrogens with zero attached hydrogens (tertiary/aromatic N) is 2. The Morgan fingerprint density at radius 1 is 0.450 bits per heavy atom. The SMILES string of the molecule is C=C(/C=C\C=C\N(c1ccc(-c2ccccc2)cc1)c1ccc(-c2ccc(-c3ccc(N(c4ccc(-c5ccccc5)cc4)c4cccc(OC)c4)cc3)cc2)cc1)CO. The van der Waals surface area contributed by atoms with Crippen LogP contribution in [-0.2, 0) is 0 Å². The molecule has 0 fully saturated rings. The number of aliphatic hydroxyl groups excluding tert-OH is 1. The first-order chi connectivity index (χ1) is 29.6. The van der Waals surface area contributed by atoms with E-state index in [4.69, 9.17) is 4.74 Å². The predicted molar refractivity (Wildman–Crippen MR) is 253 cm³/mol. The van der Waals surface area contributed by atoms with Crippen molar-refractivity contribution in [3.05, 3.63) is 243 Å². The van der Waals surface area contributed by atoms with Crippen LogP contribution in [0.5, 0.6) is 5.75 Å². The van der Waals surface area contributed by atoms with Crippen molar-refractivity contribution in [1.29, 1.82) is 0 Å². The zero-order chi connectivity index (χ0) is 41.1. The van der Waals surface area contributed by atoms with E-state index in [-0.39, 0.29) is 6.61 Å². The van der Waals surface area contributed by atoms with Crippen molar-refractivity contribution >= 4 is 28.4 Å². The van der Waals surface area contributed by atoms with Gasteiger partial charge in [-0.3, -0.25) is 0 Å². The Balaban J connectivity index is 1.02. The van der Waals surface area contributed by atoms with Crippen molar-refractivity contribution in [1.82, 2.24) is 0 Å². The van der Waals surface area contributed by atoms with Crippen LogP contribution in [0.2, 0.25) is 0 Å². The first-order valence-corrected chi connectivity index (χ1v) is 20.1. The van der Waals surface area contributed by atoms with Crippen LogP contribution in [0.15, 0.2) is 243 Å². The maximum absolute atomic E-state index is 9.37. The van der Waals surface area contributed by atoms with Crippen LogP contribution in [0.4, 0.5) is 28.4 Å². The quantitative estimate of drug-likeness (QED) is 0.112. The first-order valence-electron chi connectivity index (χ1n) is 20.1. The second kappa shape index (κ2) is 18.7. The minimum atomic E-state index is -0.0703. The molecule has 60 heavy (non-hydrogen) atoms. The lowest BCUT2D eigenvalue weighted by Crippen LogP contribution is -2.10. The smallest absolute Gasteiger partial charge is 0.120 e. The maximum atomic E-state index is 9.37. The fourth-order valence-corrected chi connectivity index (χ4v) is 7.25. The summed E-state index contributed by atoms with van der Waals surface area (Å²) >= 11 is 0. The lowest BCUT2D eigenvalue weighted by Gasteiger charge is -2.26. The first kappa shape index (κ1) is 39.2. The summed E-state index contributed by atoms with van der Waals surface area (Å²) in [5, 5.41) is 9.37. The fraction of sp³-hybridized carbons (Fsp3) is 0.0357. The summed E-state index contributed by atoms with van der Waals surface area (Å²) in [6, 6.07) is 72.5. The number of allylic oxidation sites excluding steroid dienone is 2. The third-order valence-corrected chi connectivity index (χ3v) is 10.5. The molecular weight excluding hydrogens is 733 g/mol. The van der Waals surface area contributed by atoms with Crippen molar-refractivity contribution in [2.24, 2.45) is 0 Å². The molecule has 0 aromatic heterocycles. The van der Waals surface area contributed by atoms with E-state index in [2.05, 4.69) is 198 Å². The molecule has 0 aliphatic carbocycles.